The van der Waals surface area contributed by atoms with E-state index >= 15 is 0 Å². The maximum atomic E-state index is 13.4. The summed E-state index contributed by atoms with van der Waals surface area (Å²) < 4.78 is 10.4. The van der Waals surface area contributed by atoms with Gasteiger partial charge < -0.3 is 14.4 Å². The fourth-order valence-electron chi connectivity index (χ4n) is 3.66. The molecule has 0 N–H and O–H groups in total. The molecule has 7 nitrogen and oxygen atoms in total. The molecule has 0 saturated carbocycles. The van der Waals surface area contributed by atoms with Gasteiger partial charge >= 0.3 is 0 Å². The van der Waals surface area contributed by atoms with Crippen molar-refractivity contribution in [1.82, 2.24) is 9.91 Å². The van der Waals surface area contributed by atoms with E-state index < -0.39 is 0 Å². The zero-order chi connectivity index (χ0) is 23.1. The van der Waals surface area contributed by atoms with E-state index in [2.05, 4.69) is 5.10 Å². The lowest BCUT2D eigenvalue weighted by Gasteiger charge is -2.27. The first-order valence-electron chi connectivity index (χ1n) is 10.5. The molecule has 0 bridgehead atoms. The Morgan fingerprint density at radius 2 is 1.97 bits per heavy atom. The smallest absolute Gasteiger partial charge is 0.262 e. The van der Waals surface area contributed by atoms with E-state index in [1.807, 2.05) is 42.5 Å². The third kappa shape index (κ3) is 5.47. The normalized spacial score (nSPS) is 15.4. The van der Waals surface area contributed by atoms with Crippen LogP contribution >= 0.6 is 11.6 Å². The number of hydrogen-bond acceptors (Lipinski definition) is 5. The molecule has 0 aromatic heterocycles. The highest BCUT2D eigenvalue weighted by molar-refractivity contribution is 6.31. The lowest BCUT2D eigenvalue weighted by molar-refractivity contribution is -0.141. The van der Waals surface area contributed by atoms with Crippen LogP contribution in [0.2, 0.25) is 5.02 Å². The van der Waals surface area contributed by atoms with Crippen molar-refractivity contribution in [3.63, 3.8) is 0 Å². The predicted molar refractivity (Wildman–Crippen MR) is 124 cm³/mol. The first-order valence-corrected chi connectivity index (χ1v) is 10.9. The van der Waals surface area contributed by atoms with Gasteiger partial charge in [0.1, 0.15) is 12.3 Å². The van der Waals surface area contributed by atoms with Gasteiger partial charge in [-0.2, -0.15) is 5.10 Å². The van der Waals surface area contributed by atoms with Crippen LogP contribution < -0.4 is 4.74 Å². The molecule has 1 aliphatic heterocycles. The summed E-state index contributed by atoms with van der Waals surface area (Å²) in [4.78, 5) is 27.2. The van der Waals surface area contributed by atoms with Gasteiger partial charge in [-0.3, -0.25) is 9.59 Å². The number of hydrazone groups is 1. The summed E-state index contributed by atoms with van der Waals surface area (Å²) >= 11 is 6.47. The number of carbonyl (C=O) groups is 2. The number of ether oxygens (including phenoxy) is 2. The zero-order valence-electron chi connectivity index (χ0n) is 18.6. The summed E-state index contributed by atoms with van der Waals surface area (Å²) in [6.45, 7) is 2.39. The summed E-state index contributed by atoms with van der Waals surface area (Å²) in [6, 6.07) is 14.6. The van der Waals surface area contributed by atoms with Gasteiger partial charge in [0, 0.05) is 37.1 Å². The molecule has 1 aliphatic rings. The highest BCUT2D eigenvalue weighted by Gasteiger charge is 2.35. The fraction of sp³-hybridized carbons (Fsp3) is 0.375. The maximum absolute atomic E-state index is 13.4. The van der Waals surface area contributed by atoms with E-state index in [-0.39, 0.29) is 24.4 Å². The Labute approximate surface area is 193 Å². The first-order chi connectivity index (χ1) is 15.5. The van der Waals surface area contributed by atoms with Gasteiger partial charge in [0.15, 0.2) is 0 Å². The summed E-state index contributed by atoms with van der Waals surface area (Å²) in [5.41, 5.74) is 2.44. The Bertz CT molecular complexity index is 995. The largest absolute Gasteiger partial charge is 0.497 e. The van der Waals surface area contributed by atoms with Crippen LogP contribution in [0.25, 0.3) is 0 Å². The molecular weight excluding hydrogens is 430 g/mol. The Balaban J connectivity index is 1.93. The molecule has 32 heavy (non-hydrogen) atoms. The van der Waals surface area contributed by atoms with E-state index in [1.54, 1.807) is 27.2 Å². The zero-order valence-corrected chi connectivity index (χ0v) is 19.3. The number of benzene rings is 2. The van der Waals surface area contributed by atoms with Gasteiger partial charge in [-0.1, -0.05) is 48.9 Å². The lowest BCUT2D eigenvalue weighted by Crippen LogP contribution is -2.42. The van der Waals surface area contributed by atoms with Gasteiger partial charge in [0.05, 0.1) is 25.5 Å². The van der Waals surface area contributed by atoms with Crippen molar-refractivity contribution in [2.45, 2.75) is 25.8 Å². The number of amides is 2. The average molecular weight is 458 g/mol. The van der Waals surface area contributed by atoms with E-state index in [4.69, 9.17) is 21.1 Å². The topological polar surface area (TPSA) is 71.4 Å². The van der Waals surface area contributed by atoms with Gasteiger partial charge in [0.2, 0.25) is 5.91 Å². The van der Waals surface area contributed by atoms with Crippen LogP contribution in [0.4, 0.5) is 0 Å². The van der Waals surface area contributed by atoms with Crippen molar-refractivity contribution >= 4 is 29.1 Å². The number of methoxy groups -OCH3 is 2. The molecule has 0 spiro atoms. The van der Waals surface area contributed by atoms with Crippen LogP contribution in [0.5, 0.6) is 5.75 Å². The third-order valence-corrected chi connectivity index (χ3v) is 5.72. The second-order valence-corrected chi connectivity index (χ2v) is 7.83. The summed E-state index contributed by atoms with van der Waals surface area (Å²) in [5.74, 6) is 0.329. The standard InChI is InChI=1S/C24H28ClN3O4/c1-4-23(29)27(12-13-31-2)16-24(30)28-22(19-10-5-6-11-20(19)25)15-21(26-28)17-8-7-9-18(14-17)32-3/h5-11,14,22H,4,12-13,15-16H2,1-3H3/t22-/m1/s1. The van der Waals surface area contributed by atoms with Gasteiger partial charge in [-0.25, -0.2) is 5.01 Å². The molecule has 2 amide bonds. The molecule has 3 rings (SSSR count). The molecule has 1 heterocycles. The van der Waals surface area contributed by atoms with Crippen molar-refractivity contribution < 1.29 is 19.1 Å². The van der Waals surface area contributed by atoms with Crippen LogP contribution in [-0.4, -0.2) is 61.4 Å². The summed E-state index contributed by atoms with van der Waals surface area (Å²) in [6.07, 6.45) is 0.811. The molecule has 0 aliphatic carbocycles. The highest BCUT2D eigenvalue weighted by Crippen LogP contribution is 2.36. The minimum Gasteiger partial charge on any atom is -0.497 e. The molecule has 0 radical (unpaired) electrons. The number of hydrogen-bond donors (Lipinski definition) is 0. The second-order valence-electron chi connectivity index (χ2n) is 7.42. The monoisotopic (exact) mass is 457 g/mol. The lowest BCUT2D eigenvalue weighted by atomic mass is 9.98. The molecule has 8 heteroatoms. The number of rotatable bonds is 9. The van der Waals surface area contributed by atoms with Crippen LogP contribution in [0.15, 0.2) is 53.6 Å². The number of carbonyl (C=O) groups excluding carboxylic acids is 2. The summed E-state index contributed by atoms with van der Waals surface area (Å²) in [5, 5.41) is 6.69. The predicted octanol–water partition coefficient (Wildman–Crippen LogP) is 3.91. The summed E-state index contributed by atoms with van der Waals surface area (Å²) in [7, 11) is 3.17. The number of halogens is 1. The van der Waals surface area contributed by atoms with Crippen molar-refractivity contribution in [2.24, 2.45) is 5.10 Å². The Morgan fingerprint density at radius 1 is 1.19 bits per heavy atom. The fourth-order valence-corrected chi connectivity index (χ4v) is 3.92. The molecule has 170 valence electrons. The van der Waals surface area contributed by atoms with Crippen molar-refractivity contribution in [3.8, 4) is 5.75 Å². The van der Waals surface area contributed by atoms with E-state index in [9.17, 15) is 9.59 Å². The van der Waals surface area contributed by atoms with E-state index in [0.29, 0.717) is 36.8 Å². The molecule has 2 aromatic rings. The van der Waals surface area contributed by atoms with Crippen LogP contribution in [-0.2, 0) is 14.3 Å². The molecule has 1 atom stereocenters. The second kappa shape index (κ2) is 11.1. The van der Waals surface area contributed by atoms with Crippen molar-refractivity contribution in [1.29, 1.82) is 0 Å². The van der Waals surface area contributed by atoms with E-state index in [0.717, 1.165) is 16.8 Å². The maximum Gasteiger partial charge on any atom is 0.262 e. The molecule has 0 unspecified atom stereocenters. The number of nitrogens with zero attached hydrogens (tertiary/aromatic N) is 3. The SMILES string of the molecule is CCC(=O)N(CCOC)CC(=O)N1N=C(c2cccc(OC)c2)C[C@@H]1c1ccccc1Cl. The van der Waals surface area contributed by atoms with Crippen molar-refractivity contribution in [2.75, 3.05) is 33.9 Å². The van der Waals surface area contributed by atoms with Crippen LogP contribution in [0.1, 0.15) is 36.9 Å². The molecule has 2 aromatic carbocycles. The van der Waals surface area contributed by atoms with Gasteiger partial charge in [-0.15, -0.1) is 0 Å². The minimum absolute atomic E-state index is 0.0775. The Kier molecular flexibility index (Phi) is 8.25. The quantitative estimate of drug-likeness (QED) is 0.572. The Hall–Kier alpha value is -2.90. The molecular formula is C24H28ClN3O4. The minimum atomic E-state index is -0.363. The van der Waals surface area contributed by atoms with Crippen LogP contribution in [0.3, 0.4) is 0 Å². The Morgan fingerprint density at radius 3 is 2.66 bits per heavy atom. The highest BCUT2D eigenvalue weighted by atomic mass is 35.5. The van der Waals surface area contributed by atoms with Crippen molar-refractivity contribution in [3.05, 3.63) is 64.7 Å². The average Bonchev–Trinajstić information content (AvgIpc) is 3.27. The molecule has 0 saturated heterocycles. The van der Waals surface area contributed by atoms with E-state index in [1.165, 1.54) is 9.91 Å². The van der Waals surface area contributed by atoms with Crippen LogP contribution in [0, 0.1) is 0 Å². The van der Waals surface area contributed by atoms with Gasteiger partial charge in [-0.05, 0) is 23.8 Å². The van der Waals surface area contributed by atoms with Gasteiger partial charge in [0.25, 0.3) is 5.91 Å². The first kappa shape index (κ1) is 23.8. The third-order valence-electron chi connectivity index (χ3n) is 5.38. The molecule has 0 fully saturated rings.